The molecule has 2 atom stereocenters. The highest BCUT2D eigenvalue weighted by atomic mass is 16.3. The molecule has 1 aromatic carbocycles. The Morgan fingerprint density at radius 1 is 1.15 bits per heavy atom. The molecule has 0 aromatic heterocycles. The van der Waals surface area contributed by atoms with Crippen LogP contribution in [-0.4, -0.2) is 10.9 Å². The summed E-state index contributed by atoms with van der Waals surface area (Å²) in [5.41, 5.74) is 2.42. The first-order valence-electron chi connectivity index (χ1n) is 7.61. The lowest BCUT2D eigenvalue weighted by molar-refractivity contribution is -0.126. The van der Waals surface area contributed by atoms with Crippen molar-refractivity contribution in [3.63, 3.8) is 0 Å². The molecule has 1 saturated carbocycles. The fourth-order valence-electron chi connectivity index (χ4n) is 3.16. The van der Waals surface area contributed by atoms with Gasteiger partial charge in [0.05, 0.1) is 6.61 Å². The number of aliphatic hydroxyl groups excluding tert-OH is 1. The lowest BCUT2D eigenvalue weighted by atomic mass is 9.67. The molecule has 0 aliphatic heterocycles. The third kappa shape index (κ3) is 3.69. The quantitative estimate of drug-likeness (QED) is 0.911. The summed E-state index contributed by atoms with van der Waals surface area (Å²) in [6.45, 7) is 6.91. The van der Waals surface area contributed by atoms with Gasteiger partial charge in [0.25, 0.3) is 0 Å². The van der Waals surface area contributed by atoms with Crippen LogP contribution >= 0.6 is 0 Å². The summed E-state index contributed by atoms with van der Waals surface area (Å²) in [7, 11) is 0. The van der Waals surface area contributed by atoms with Crippen molar-refractivity contribution in [1.82, 2.24) is 0 Å². The van der Waals surface area contributed by atoms with Crippen molar-refractivity contribution in [2.24, 2.45) is 17.3 Å². The Morgan fingerprint density at radius 2 is 1.75 bits per heavy atom. The van der Waals surface area contributed by atoms with E-state index in [0.717, 1.165) is 31.2 Å². The van der Waals surface area contributed by atoms with E-state index in [1.807, 2.05) is 24.3 Å². The third-order valence-corrected chi connectivity index (χ3v) is 4.68. The minimum absolute atomic E-state index is 0.0781. The van der Waals surface area contributed by atoms with Crippen LogP contribution in [0.5, 0.6) is 0 Å². The molecule has 1 aromatic rings. The number of Topliss-reactive ketones (excluding diaryl/α,β-unsaturated/α-hetero) is 1. The molecule has 1 N–H and O–H groups in total. The van der Waals surface area contributed by atoms with Gasteiger partial charge in [0.1, 0.15) is 5.78 Å². The van der Waals surface area contributed by atoms with Crippen LogP contribution in [0.25, 0.3) is 0 Å². The van der Waals surface area contributed by atoms with Crippen molar-refractivity contribution < 1.29 is 9.90 Å². The molecule has 1 fully saturated rings. The van der Waals surface area contributed by atoms with Gasteiger partial charge < -0.3 is 5.11 Å². The molecule has 0 spiro atoms. The molecular weight excluding hydrogens is 248 g/mol. The topological polar surface area (TPSA) is 37.3 Å². The van der Waals surface area contributed by atoms with E-state index in [1.54, 1.807) is 0 Å². The smallest absolute Gasteiger partial charge is 0.136 e. The summed E-state index contributed by atoms with van der Waals surface area (Å²) < 4.78 is 0. The van der Waals surface area contributed by atoms with Gasteiger partial charge >= 0.3 is 0 Å². The molecule has 0 heterocycles. The van der Waals surface area contributed by atoms with Gasteiger partial charge in [0.2, 0.25) is 0 Å². The lowest BCUT2D eigenvalue weighted by Gasteiger charge is -2.37. The minimum atomic E-state index is 0.0781. The van der Waals surface area contributed by atoms with Crippen molar-refractivity contribution in [3.05, 3.63) is 35.4 Å². The van der Waals surface area contributed by atoms with Crippen LogP contribution in [0.15, 0.2) is 24.3 Å². The van der Waals surface area contributed by atoms with Gasteiger partial charge in [-0.05, 0) is 41.7 Å². The number of aliphatic hydroxyl groups is 1. The molecule has 2 unspecified atom stereocenters. The van der Waals surface area contributed by atoms with Gasteiger partial charge in [0.15, 0.2) is 0 Å². The average molecular weight is 274 g/mol. The van der Waals surface area contributed by atoms with Crippen molar-refractivity contribution in [3.8, 4) is 0 Å². The average Bonchev–Trinajstić information content (AvgIpc) is 2.41. The molecule has 0 bridgehead atoms. The fraction of sp³-hybridized carbons (Fsp3) is 0.611. The van der Waals surface area contributed by atoms with Gasteiger partial charge in [-0.1, -0.05) is 45.0 Å². The molecule has 0 saturated heterocycles. The van der Waals surface area contributed by atoms with E-state index < -0.39 is 0 Å². The summed E-state index contributed by atoms with van der Waals surface area (Å²) in [5, 5.41) is 9.06. The van der Waals surface area contributed by atoms with E-state index in [2.05, 4.69) is 20.8 Å². The molecule has 0 amide bonds. The summed E-state index contributed by atoms with van der Waals surface area (Å²) in [5.74, 6) is 1.24. The van der Waals surface area contributed by atoms with Crippen molar-refractivity contribution in [1.29, 1.82) is 0 Å². The SMILES string of the molecule is CC(C)(C)C1CCC(=O)C(Cc2ccc(CO)cc2)C1. The zero-order valence-electron chi connectivity index (χ0n) is 12.9. The molecule has 20 heavy (non-hydrogen) atoms. The van der Waals surface area contributed by atoms with E-state index in [9.17, 15) is 4.79 Å². The first-order chi connectivity index (χ1) is 9.40. The fourth-order valence-corrected chi connectivity index (χ4v) is 3.16. The van der Waals surface area contributed by atoms with Gasteiger partial charge in [0, 0.05) is 12.3 Å². The Labute approximate surface area is 122 Å². The zero-order valence-corrected chi connectivity index (χ0v) is 12.9. The number of carbonyl (C=O) groups is 1. The first kappa shape index (κ1) is 15.2. The number of ketones is 1. The number of rotatable bonds is 3. The maximum atomic E-state index is 12.2. The Kier molecular flexibility index (Phi) is 4.64. The standard InChI is InChI=1S/C18H26O2/c1-18(2,3)16-8-9-17(20)15(11-16)10-13-4-6-14(12-19)7-5-13/h4-7,15-16,19H,8-12H2,1-3H3. The van der Waals surface area contributed by atoms with Crippen molar-refractivity contribution in [2.45, 2.75) is 53.1 Å². The van der Waals surface area contributed by atoms with E-state index in [-0.39, 0.29) is 12.5 Å². The van der Waals surface area contributed by atoms with E-state index in [4.69, 9.17) is 5.11 Å². The second-order valence-electron chi connectivity index (χ2n) is 7.18. The zero-order chi connectivity index (χ0) is 14.8. The molecule has 2 rings (SSSR count). The van der Waals surface area contributed by atoms with E-state index in [0.29, 0.717) is 17.1 Å². The van der Waals surface area contributed by atoms with Crippen LogP contribution < -0.4 is 0 Å². The van der Waals surface area contributed by atoms with Crippen molar-refractivity contribution in [2.75, 3.05) is 0 Å². The van der Waals surface area contributed by atoms with Gasteiger partial charge in [-0.15, -0.1) is 0 Å². The molecule has 110 valence electrons. The largest absolute Gasteiger partial charge is 0.392 e. The maximum Gasteiger partial charge on any atom is 0.136 e. The molecule has 0 radical (unpaired) electrons. The second kappa shape index (κ2) is 6.09. The van der Waals surface area contributed by atoms with Crippen LogP contribution in [-0.2, 0) is 17.8 Å². The van der Waals surface area contributed by atoms with Crippen LogP contribution in [0.1, 0.15) is 51.2 Å². The summed E-state index contributed by atoms with van der Waals surface area (Å²) >= 11 is 0. The van der Waals surface area contributed by atoms with Crippen LogP contribution in [0.4, 0.5) is 0 Å². The Balaban J connectivity index is 2.04. The maximum absolute atomic E-state index is 12.2. The second-order valence-corrected chi connectivity index (χ2v) is 7.18. The van der Waals surface area contributed by atoms with Crippen LogP contribution in [0, 0.1) is 17.3 Å². The molecule has 2 heteroatoms. The molecule has 1 aliphatic rings. The third-order valence-electron chi connectivity index (χ3n) is 4.68. The Bertz CT molecular complexity index is 453. The predicted molar refractivity (Wildman–Crippen MR) is 81.4 cm³/mol. The van der Waals surface area contributed by atoms with E-state index in [1.165, 1.54) is 5.56 Å². The van der Waals surface area contributed by atoms with Crippen molar-refractivity contribution >= 4 is 5.78 Å². The highest BCUT2D eigenvalue weighted by molar-refractivity contribution is 5.82. The van der Waals surface area contributed by atoms with Crippen LogP contribution in [0.2, 0.25) is 0 Å². The highest BCUT2D eigenvalue weighted by Gasteiger charge is 2.34. The van der Waals surface area contributed by atoms with Gasteiger partial charge in [-0.25, -0.2) is 0 Å². The number of benzene rings is 1. The Hall–Kier alpha value is -1.15. The number of carbonyl (C=O) groups excluding carboxylic acids is 1. The monoisotopic (exact) mass is 274 g/mol. The summed E-state index contributed by atoms with van der Waals surface area (Å²) in [6.07, 6.45) is 3.64. The molecule has 2 nitrogen and oxygen atoms in total. The van der Waals surface area contributed by atoms with Gasteiger partial charge in [-0.3, -0.25) is 4.79 Å². The number of hydrogen-bond acceptors (Lipinski definition) is 2. The van der Waals surface area contributed by atoms with Crippen LogP contribution in [0.3, 0.4) is 0 Å². The van der Waals surface area contributed by atoms with E-state index >= 15 is 0 Å². The molecule has 1 aliphatic carbocycles. The normalized spacial score (nSPS) is 23.9. The first-order valence-corrected chi connectivity index (χ1v) is 7.61. The van der Waals surface area contributed by atoms with Gasteiger partial charge in [-0.2, -0.15) is 0 Å². The summed E-state index contributed by atoms with van der Waals surface area (Å²) in [4.78, 5) is 12.2. The Morgan fingerprint density at radius 3 is 2.30 bits per heavy atom. The minimum Gasteiger partial charge on any atom is -0.392 e. The lowest BCUT2D eigenvalue weighted by Crippen LogP contribution is -2.33. The number of hydrogen-bond donors (Lipinski definition) is 1. The molecular formula is C18H26O2. The predicted octanol–water partition coefficient (Wildman–Crippen LogP) is 3.75. The summed E-state index contributed by atoms with van der Waals surface area (Å²) in [6, 6.07) is 7.98. The highest BCUT2D eigenvalue weighted by Crippen LogP contribution is 2.39.